The lowest BCUT2D eigenvalue weighted by molar-refractivity contribution is 0.145. The van der Waals surface area contributed by atoms with Gasteiger partial charge in [0.05, 0.1) is 6.61 Å². The van der Waals surface area contributed by atoms with Gasteiger partial charge in [-0.15, -0.1) is 0 Å². The highest BCUT2D eigenvalue weighted by Crippen LogP contribution is 2.04. The van der Waals surface area contributed by atoms with Crippen LogP contribution < -0.4 is 5.32 Å². The summed E-state index contributed by atoms with van der Waals surface area (Å²) in [5.74, 6) is 0. The van der Waals surface area contributed by atoms with Gasteiger partial charge in [-0.25, -0.2) is 4.79 Å². The Labute approximate surface area is 96.8 Å². The number of amides is 1. The van der Waals surface area contributed by atoms with Gasteiger partial charge < -0.3 is 10.1 Å². The molecule has 0 unspecified atom stereocenters. The zero-order valence-corrected chi connectivity index (χ0v) is 9.45. The standard InChI is InChI=1S/C13H18NO2/c1-2-14-13(15)16-11-7-6-10-12-8-4-3-5-9-12/h3-5,8-9H,1-2,6-7,10-11H2,(H,14,15). The minimum absolute atomic E-state index is 0.364. The lowest BCUT2D eigenvalue weighted by Gasteiger charge is -2.05. The fourth-order valence-corrected chi connectivity index (χ4v) is 1.39. The molecule has 1 amide bonds. The number of rotatable bonds is 6. The first-order valence-electron chi connectivity index (χ1n) is 5.56. The van der Waals surface area contributed by atoms with E-state index < -0.39 is 0 Å². The molecule has 0 saturated heterocycles. The Morgan fingerprint density at radius 1 is 1.25 bits per heavy atom. The second-order valence-electron chi connectivity index (χ2n) is 3.51. The molecule has 0 spiro atoms. The topological polar surface area (TPSA) is 38.3 Å². The SMILES string of the molecule is [CH2]CNC(=O)OCCCCc1ccccc1. The van der Waals surface area contributed by atoms with Crippen molar-refractivity contribution in [2.45, 2.75) is 19.3 Å². The van der Waals surface area contributed by atoms with Gasteiger partial charge in [0, 0.05) is 6.54 Å². The van der Waals surface area contributed by atoms with Gasteiger partial charge in [-0.1, -0.05) is 30.3 Å². The maximum absolute atomic E-state index is 10.9. The smallest absolute Gasteiger partial charge is 0.407 e. The maximum Gasteiger partial charge on any atom is 0.407 e. The molecule has 87 valence electrons. The summed E-state index contributed by atoms with van der Waals surface area (Å²) in [5, 5.41) is 2.48. The molecular formula is C13H18NO2. The third-order valence-corrected chi connectivity index (χ3v) is 2.21. The van der Waals surface area contributed by atoms with Gasteiger partial charge >= 0.3 is 6.09 Å². The molecule has 0 aliphatic carbocycles. The molecule has 1 radical (unpaired) electrons. The van der Waals surface area contributed by atoms with Crippen molar-refractivity contribution in [3.05, 3.63) is 42.8 Å². The van der Waals surface area contributed by atoms with Gasteiger partial charge in [0.1, 0.15) is 0 Å². The minimum atomic E-state index is -0.380. The number of benzene rings is 1. The second-order valence-corrected chi connectivity index (χ2v) is 3.51. The van der Waals surface area contributed by atoms with Crippen molar-refractivity contribution in [1.29, 1.82) is 0 Å². The molecule has 3 heteroatoms. The molecule has 1 aromatic rings. The Balaban J connectivity index is 2.02. The number of alkyl carbamates (subject to hydrolysis) is 1. The van der Waals surface area contributed by atoms with Gasteiger partial charge in [-0.2, -0.15) is 0 Å². The summed E-state index contributed by atoms with van der Waals surface area (Å²) in [7, 11) is 0. The third kappa shape index (κ3) is 5.39. The summed E-state index contributed by atoms with van der Waals surface area (Å²) in [5.41, 5.74) is 1.32. The fourth-order valence-electron chi connectivity index (χ4n) is 1.39. The number of hydrogen-bond acceptors (Lipinski definition) is 2. The Bertz CT molecular complexity index is 298. The van der Waals surface area contributed by atoms with Crippen molar-refractivity contribution in [3.63, 3.8) is 0 Å². The number of carbonyl (C=O) groups is 1. The highest BCUT2D eigenvalue weighted by Gasteiger charge is 1.98. The van der Waals surface area contributed by atoms with Gasteiger partial charge in [0.2, 0.25) is 0 Å². The zero-order valence-electron chi connectivity index (χ0n) is 9.45. The van der Waals surface area contributed by atoms with Crippen LogP contribution in [-0.2, 0) is 11.2 Å². The molecule has 0 aliphatic rings. The quantitative estimate of drug-likeness (QED) is 0.748. The molecular weight excluding hydrogens is 202 g/mol. The largest absolute Gasteiger partial charge is 0.450 e. The number of aryl methyl sites for hydroxylation is 1. The third-order valence-electron chi connectivity index (χ3n) is 2.21. The van der Waals surface area contributed by atoms with Crippen LogP contribution in [0.25, 0.3) is 0 Å². The monoisotopic (exact) mass is 220 g/mol. The molecule has 0 aliphatic heterocycles. The second kappa shape index (κ2) is 7.74. The number of hydrogen-bond donors (Lipinski definition) is 1. The number of carbonyl (C=O) groups excluding carboxylic acids is 1. The summed E-state index contributed by atoms with van der Waals surface area (Å²) >= 11 is 0. The summed E-state index contributed by atoms with van der Waals surface area (Å²) in [4.78, 5) is 10.9. The highest BCUT2D eigenvalue weighted by atomic mass is 16.5. The van der Waals surface area contributed by atoms with Crippen LogP contribution in [0, 0.1) is 6.92 Å². The van der Waals surface area contributed by atoms with E-state index in [9.17, 15) is 4.79 Å². The molecule has 1 aromatic carbocycles. The van der Waals surface area contributed by atoms with E-state index in [2.05, 4.69) is 24.4 Å². The molecule has 16 heavy (non-hydrogen) atoms. The van der Waals surface area contributed by atoms with E-state index in [0.717, 1.165) is 19.3 Å². The number of ether oxygens (including phenoxy) is 1. The van der Waals surface area contributed by atoms with Gasteiger partial charge in [0.25, 0.3) is 0 Å². The number of unbranched alkanes of at least 4 members (excludes halogenated alkanes) is 1. The van der Waals surface area contributed by atoms with Crippen molar-refractivity contribution in [2.24, 2.45) is 0 Å². The van der Waals surface area contributed by atoms with Crippen molar-refractivity contribution in [2.75, 3.05) is 13.2 Å². The van der Waals surface area contributed by atoms with E-state index in [1.54, 1.807) is 0 Å². The molecule has 0 aromatic heterocycles. The zero-order chi connectivity index (χ0) is 11.6. The summed E-state index contributed by atoms with van der Waals surface area (Å²) in [6, 6.07) is 10.3. The van der Waals surface area contributed by atoms with Crippen molar-refractivity contribution >= 4 is 6.09 Å². The number of nitrogens with one attached hydrogen (secondary N) is 1. The lowest BCUT2D eigenvalue weighted by Crippen LogP contribution is -2.24. The van der Waals surface area contributed by atoms with E-state index in [0.29, 0.717) is 13.2 Å². The van der Waals surface area contributed by atoms with Gasteiger partial charge in [-0.3, -0.25) is 0 Å². The first kappa shape index (κ1) is 12.6. The summed E-state index contributed by atoms with van der Waals surface area (Å²) < 4.78 is 4.93. The lowest BCUT2D eigenvalue weighted by atomic mass is 10.1. The van der Waals surface area contributed by atoms with Crippen LogP contribution in [0.15, 0.2) is 30.3 Å². The van der Waals surface area contributed by atoms with E-state index in [-0.39, 0.29) is 6.09 Å². The molecule has 0 atom stereocenters. The van der Waals surface area contributed by atoms with Crippen LogP contribution in [-0.4, -0.2) is 19.2 Å². The van der Waals surface area contributed by atoms with Crippen LogP contribution in [0.1, 0.15) is 18.4 Å². The average Bonchev–Trinajstić information content (AvgIpc) is 2.30. The van der Waals surface area contributed by atoms with E-state index in [4.69, 9.17) is 4.74 Å². The van der Waals surface area contributed by atoms with Crippen LogP contribution in [0.4, 0.5) is 4.79 Å². The molecule has 0 heterocycles. The summed E-state index contributed by atoms with van der Waals surface area (Å²) in [6.45, 7) is 4.33. The van der Waals surface area contributed by atoms with Crippen LogP contribution >= 0.6 is 0 Å². The van der Waals surface area contributed by atoms with Crippen molar-refractivity contribution in [1.82, 2.24) is 5.32 Å². The fraction of sp³-hybridized carbons (Fsp3) is 0.385. The van der Waals surface area contributed by atoms with Crippen molar-refractivity contribution < 1.29 is 9.53 Å². The van der Waals surface area contributed by atoms with E-state index in [1.165, 1.54) is 5.56 Å². The summed E-state index contributed by atoms with van der Waals surface area (Å²) in [6.07, 6.45) is 2.57. The Kier molecular flexibility index (Phi) is 6.07. The average molecular weight is 220 g/mol. The van der Waals surface area contributed by atoms with E-state index in [1.807, 2.05) is 18.2 Å². The minimum Gasteiger partial charge on any atom is -0.450 e. The Morgan fingerprint density at radius 3 is 2.69 bits per heavy atom. The maximum atomic E-state index is 10.9. The Morgan fingerprint density at radius 2 is 2.00 bits per heavy atom. The molecule has 3 nitrogen and oxygen atoms in total. The van der Waals surface area contributed by atoms with Crippen LogP contribution in [0.3, 0.4) is 0 Å². The molecule has 1 N–H and O–H groups in total. The molecule has 0 bridgehead atoms. The predicted octanol–water partition coefficient (Wildman–Crippen LogP) is 2.57. The van der Waals surface area contributed by atoms with Gasteiger partial charge in [-0.05, 0) is 31.7 Å². The van der Waals surface area contributed by atoms with Crippen molar-refractivity contribution in [3.8, 4) is 0 Å². The molecule has 0 fully saturated rings. The predicted molar refractivity (Wildman–Crippen MR) is 64.1 cm³/mol. The highest BCUT2D eigenvalue weighted by molar-refractivity contribution is 5.67. The first-order chi connectivity index (χ1) is 7.83. The normalized spacial score (nSPS) is 9.81. The van der Waals surface area contributed by atoms with Crippen LogP contribution in [0.2, 0.25) is 0 Å². The first-order valence-corrected chi connectivity index (χ1v) is 5.56. The Hall–Kier alpha value is -1.51. The molecule has 1 rings (SSSR count). The molecule has 0 saturated carbocycles. The van der Waals surface area contributed by atoms with Gasteiger partial charge in [0.15, 0.2) is 0 Å². The van der Waals surface area contributed by atoms with E-state index >= 15 is 0 Å². The van der Waals surface area contributed by atoms with Crippen LogP contribution in [0.5, 0.6) is 0 Å².